The van der Waals surface area contributed by atoms with E-state index in [0.29, 0.717) is 38.4 Å². The van der Waals surface area contributed by atoms with Gasteiger partial charge in [0, 0.05) is 12.0 Å². The third-order valence-electron chi connectivity index (χ3n) is 10.8. The first-order valence-corrected chi connectivity index (χ1v) is 18.4. The van der Waals surface area contributed by atoms with E-state index in [4.69, 9.17) is 23.4 Å². The highest BCUT2D eigenvalue weighted by molar-refractivity contribution is 5.98. The molecule has 1 heterocycles. The maximum Gasteiger partial charge on any atom is 0.407 e. The molecule has 9 nitrogen and oxygen atoms in total. The van der Waals surface area contributed by atoms with Gasteiger partial charge < -0.3 is 33.6 Å². The summed E-state index contributed by atoms with van der Waals surface area (Å²) >= 11 is 0. The zero-order valence-electron chi connectivity index (χ0n) is 31.3. The minimum Gasteiger partial charge on any atom is -0.496 e. The van der Waals surface area contributed by atoms with E-state index in [1.807, 2.05) is 54.6 Å². The van der Waals surface area contributed by atoms with Gasteiger partial charge in [0.25, 0.3) is 0 Å². The van der Waals surface area contributed by atoms with E-state index in [-0.39, 0.29) is 37.5 Å². The number of para-hydroxylation sites is 1. The highest BCUT2D eigenvalue weighted by Crippen LogP contribution is 2.62. The molecule has 1 aliphatic heterocycles. The van der Waals surface area contributed by atoms with E-state index in [1.54, 1.807) is 12.0 Å². The van der Waals surface area contributed by atoms with Crippen molar-refractivity contribution >= 4 is 16.6 Å². The molecule has 3 atom stereocenters. The summed E-state index contributed by atoms with van der Waals surface area (Å²) < 4.78 is 30.9. The van der Waals surface area contributed by atoms with Crippen molar-refractivity contribution < 1.29 is 38.4 Å². The van der Waals surface area contributed by atoms with E-state index >= 15 is 0 Å². The zero-order chi connectivity index (χ0) is 37.2. The molecular weight excluding hydrogens is 663 g/mol. The summed E-state index contributed by atoms with van der Waals surface area (Å²) in [6.45, 7) is 13.9. The maximum absolute atomic E-state index is 13.4. The average molecular weight is 719 g/mol. The fourth-order valence-electron chi connectivity index (χ4n) is 9.26. The van der Waals surface area contributed by atoms with Gasteiger partial charge in [0.2, 0.25) is 10.5 Å². The molecule has 3 aromatic rings. The standard InChI is InChI=1S/C41H56NO8Si/c1-29(2)40(30(3)4)41(31(5)6,49-25-22-43)39(26-32-14-9-8-10-15-32,37(50-51)27-42(40)38(44)45)34-18-20-35(21-19-34)48-24-13-23-47-28-33-16-11-12-17-36(33)46-7/h8-12,14-21,29-31,37,43H,13,22-28H2,1-7H3,(H,44,45)/t37-,39-,41-/m1/s1. The molecule has 0 bridgehead atoms. The Morgan fingerprint density at radius 3 is 2.10 bits per heavy atom. The van der Waals surface area contributed by atoms with Crippen LogP contribution in [0, 0.1) is 17.8 Å². The number of aliphatic hydroxyl groups excluding tert-OH is 1. The highest BCUT2D eigenvalue weighted by Gasteiger charge is 2.75. The summed E-state index contributed by atoms with van der Waals surface area (Å²) in [5.74, 6) is 0.946. The molecule has 0 unspecified atom stereocenters. The fourth-order valence-corrected chi connectivity index (χ4v) is 9.53. The van der Waals surface area contributed by atoms with Gasteiger partial charge in [-0.05, 0) is 53.5 Å². The van der Waals surface area contributed by atoms with Crippen LogP contribution in [0.1, 0.15) is 64.7 Å². The van der Waals surface area contributed by atoms with Crippen LogP contribution >= 0.6 is 0 Å². The molecule has 3 radical (unpaired) electrons. The molecular formula is C41H56NO8Si. The van der Waals surface area contributed by atoms with Crippen molar-refractivity contribution in [3.8, 4) is 11.5 Å². The minimum atomic E-state index is -1.18. The van der Waals surface area contributed by atoms with E-state index in [0.717, 1.165) is 22.4 Å². The number of hydrogen-bond acceptors (Lipinski definition) is 7. The van der Waals surface area contributed by atoms with Crippen molar-refractivity contribution in [1.82, 2.24) is 4.90 Å². The number of ether oxygens (including phenoxy) is 4. The summed E-state index contributed by atoms with van der Waals surface area (Å²) in [6.07, 6.45) is -0.516. The van der Waals surface area contributed by atoms with Crippen molar-refractivity contribution in [2.75, 3.05) is 40.1 Å². The van der Waals surface area contributed by atoms with Crippen LogP contribution in [-0.4, -0.2) is 89.0 Å². The zero-order valence-corrected chi connectivity index (χ0v) is 32.3. The highest BCUT2D eigenvalue weighted by atomic mass is 28.2. The molecule has 0 saturated carbocycles. The number of piperidine rings is 1. The van der Waals surface area contributed by atoms with Crippen molar-refractivity contribution in [1.29, 1.82) is 0 Å². The number of methoxy groups -OCH3 is 1. The van der Waals surface area contributed by atoms with Crippen molar-refractivity contribution in [3.63, 3.8) is 0 Å². The number of rotatable bonds is 18. The van der Waals surface area contributed by atoms with Crippen LogP contribution in [0.3, 0.4) is 0 Å². The molecule has 1 aliphatic rings. The van der Waals surface area contributed by atoms with Crippen LogP contribution in [0.25, 0.3) is 0 Å². The van der Waals surface area contributed by atoms with Crippen molar-refractivity contribution in [3.05, 3.63) is 95.6 Å². The molecule has 2 N–H and O–H groups in total. The lowest BCUT2D eigenvalue weighted by Gasteiger charge is -2.72. The third kappa shape index (κ3) is 7.57. The van der Waals surface area contributed by atoms with Gasteiger partial charge in [0.15, 0.2) is 0 Å². The SMILES string of the molecule is COc1ccccc1COCCCOc1ccc([C@]2(Cc3ccccc3)[C@H](O[Si])CN(C(=O)O)C(C(C)C)(C(C)C)[C@@]2(OCCO)C(C)C)cc1. The Balaban J connectivity index is 1.78. The number of amides is 1. The van der Waals surface area contributed by atoms with Crippen LogP contribution in [0.4, 0.5) is 4.79 Å². The largest absolute Gasteiger partial charge is 0.496 e. The third-order valence-corrected chi connectivity index (χ3v) is 11.1. The van der Waals surface area contributed by atoms with E-state index < -0.39 is 28.8 Å². The lowest BCUT2D eigenvalue weighted by atomic mass is 9.44. The van der Waals surface area contributed by atoms with Gasteiger partial charge in [-0.25, -0.2) is 4.79 Å². The van der Waals surface area contributed by atoms with Gasteiger partial charge in [-0.15, -0.1) is 0 Å². The van der Waals surface area contributed by atoms with Crippen molar-refractivity contribution in [2.45, 2.75) is 83.6 Å². The summed E-state index contributed by atoms with van der Waals surface area (Å²) in [6, 6.07) is 26.1. The van der Waals surface area contributed by atoms with Gasteiger partial charge in [-0.2, -0.15) is 0 Å². The molecule has 0 aliphatic carbocycles. The Bertz CT molecular complexity index is 1510. The van der Waals surface area contributed by atoms with Gasteiger partial charge in [0.1, 0.15) is 17.1 Å². The van der Waals surface area contributed by atoms with Crippen LogP contribution in [0.2, 0.25) is 0 Å². The lowest BCUT2D eigenvalue weighted by Crippen LogP contribution is -2.86. The summed E-state index contributed by atoms with van der Waals surface area (Å²) in [4.78, 5) is 14.9. The van der Waals surface area contributed by atoms with E-state index in [9.17, 15) is 15.0 Å². The quantitative estimate of drug-likeness (QED) is 0.106. The topological polar surface area (TPSA) is 107 Å². The Labute approximate surface area is 307 Å². The normalized spacial score (nSPS) is 21.7. The summed E-state index contributed by atoms with van der Waals surface area (Å²) in [7, 11) is 5.10. The molecule has 51 heavy (non-hydrogen) atoms. The predicted molar refractivity (Wildman–Crippen MR) is 199 cm³/mol. The Hall–Kier alpha value is -3.41. The van der Waals surface area contributed by atoms with Crippen LogP contribution in [0.5, 0.6) is 11.5 Å². The first kappa shape index (κ1) is 40.4. The molecule has 1 saturated heterocycles. The van der Waals surface area contributed by atoms with E-state index in [1.165, 1.54) is 0 Å². The number of likely N-dealkylation sites (tertiary alicyclic amines) is 1. The first-order valence-electron chi connectivity index (χ1n) is 18.0. The predicted octanol–water partition coefficient (Wildman–Crippen LogP) is 7.08. The molecule has 277 valence electrons. The van der Waals surface area contributed by atoms with Crippen LogP contribution in [0.15, 0.2) is 78.9 Å². The summed E-state index contributed by atoms with van der Waals surface area (Å²) in [5.41, 5.74) is -0.162. The monoisotopic (exact) mass is 718 g/mol. The number of benzene rings is 3. The van der Waals surface area contributed by atoms with Gasteiger partial charge in [0.05, 0.1) is 63.7 Å². The fraction of sp³-hybridized carbons (Fsp3) is 0.537. The maximum atomic E-state index is 13.4. The molecule has 1 amide bonds. The number of nitrogens with zero attached hydrogens (tertiary/aromatic N) is 1. The smallest absolute Gasteiger partial charge is 0.407 e. The summed E-state index contributed by atoms with van der Waals surface area (Å²) in [5, 5.41) is 21.2. The van der Waals surface area contributed by atoms with Gasteiger partial charge in [-0.3, -0.25) is 4.90 Å². The molecule has 0 aromatic heterocycles. The first-order chi connectivity index (χ1) is 24.5. The van der Waals surface area contributed by atoms with Gasteiger partial charge >= 0.3 is 6.09 Å². The molecule has 3 aromatic carbocycles. The van der Waals surface area contributed by atoms with Crippen LogP contribution in [-0.2, 0) is 32.3 Å². The molecule has 0 spiro atoms. The molecule has 10 heteroatoms. The van der Waals surface area contributed by atoms with E-state index in [2.05, 4.69) is 76.3 Å². The second-order valence-corrected chi connectivity index (χ2v) is 14.6. The Morgan fingerprint density at radius 2 is 1.53 bits per heavy atom. The van der Waals surface area contributed by atoms with Gasteiger partial charge in [-0.1, -0.05) is 102 Å². The second-order valence-electron chi connectivity index (χ2n) is 14.3. The lowest BCUT2D eigenvalue weighted by molar-refractivity contribution is -0.284. The Kier molecular flexibility index (Phi) is 14.1. The number of hydrogen-bond donors (Lipinski definition) is 2. The molecule has 1 fully saturated rings. The number of carboxylic acid groups (broad SMARTS) is 1. The molecule has 4 rings (SSSR count). The van der Waals surface area contributed by atoms with Crippen LogP contribution < -0.4 is 9.47 Å². The average Bonchev–Trinajstić information content (AvgIpc) is 3.12. The number of carbonyl (C=O) groups is 1. The second kappa shape index (κ2) is 17.9. The van der Waals surface area contributed by atoms with Crippen molar-refractivity contribution in [2.24, 2.45) is 17.8 Å². The minimum absolute atomic E-state index is 0.0259. The Morgan fingerprint density at radius 1 is 0.882 bits per heavy atom. The number of aliphatic hydroxyl groups is 1.